The monoisotopic (exact) mass is 350 g/mol. The van der Waals surface area contributed by atoms with Crippen LogP contribution in [0.1, 0.15) is 17.3 Å². The van der Waals surface area contributed by atoms with Crippen LogP contribution in [0.15, 0.2) is 65.7 Å². The number of halogens is 1. The third-order valence-electron chi connectivity index (χ3n) is 4.15. The van der Waals surface area contributed by atoms with Gasteiger partial charge < -0.3 is 4.57 Å². The van der Waals surface area contributed by atoms with Gasteiger partial charge >= 0.3 is 0 Å². The van der Waals surface area contributed by atoms with Gasteiger partial charge in [-0.05, 0) is 48.0 Å². The molecule has 0 radical (unpaired) electrons. The van der Waals surface area contributed by atoms with Crippen LogP contribution in [-0.4, -0.2) is 10.5 Å². The van der Waals surface area contributed by atoms with Gasteiger partial charge in [0.1, 0.15) is 5.82 Å². The maximum atomic E-state index is 13.5. The molecule has 1 aromatic heterocycles. The first-order valence-electron chi connectivity index (χ1n) is 8.02. The van der Waals surface area contributed by atoms with Crippen LogP contribution in [0.3, 0.4) is 0 Å². The topological polar surface area (TPSA) is 34.4 Å². The largest absolute Gasteiger partial charge is 0.317 e. The van der Waals surface area contributed by atoms with E-state index < -0.39 is 0 Å². The SMILES string of the molecule is CCn1c(=NC(=O)c2ccc3ccccc3c2)sc2cc(F)ccc21. The van der Waals surface area contributed by atoms with Crippen molar-refractivity contribution in [2.24, 2.45) is 4.99 Å². The van der Waals surface area contributed by atoms with Crippen molar-refractivity contribution < 1.29 is 9.18 Å². The Balaban J connectivity index is 1.83. The number of nitrogens with zero attached hydrogens (tertiary/aromatic N) is 2. The molecule has 4 rings (SSSR count). The van der Waals surface area contributed by atoms with Crippen LogP contribution in [0.2, 0.25) is 0 Å². The standard InChI is InChI=1S/C20H15FN2OS/c1-2-23-17-10-9-16(21)12-18(17)25-20(23)22-19(24)15-8-7-13-5-3-4-6-14(13)11-15/h3-12H,2H2,1H3. The molecule has 5 heteroatoms. The molecule has 1 amide bonds. The molecule has 25 heavy (non-hydrogen) atoms. The van der Waals surface area contributed by atoms with Gasteiger partial charge in [0.15, 0.2) is 4.80 Å². The van der Waals surface area contributed by atoms with Gasteiger partial charge in [0.25, 0.3) is 5.91 Å². The number of hydrogen-bond donors (Lipinski definition) is 0. The molecular formula is C20H15FN2OS. The maximum Gasteiger partial charge on any atom is 0.279 e. The van der Waals surface area contributed by atoms with Crippen LogP contribution in [0, 0.1) is 5.82 Å². The van der Waals surface area contributed by atoms with E-state index in [0.717, 1.165) is 21.0 Å². The van der Waals surface area contributed by atoms with Crippen molar-refractivity contribution >= 4 is 38.2 Å². The minimum atomic E-state index is -0.292. The summed E-state index contributed by atoms with van der Waals surface area (Å²) < 4.78 is 16.2. The molecular weight excluding hydrogens is 335 g/mol. The number of carbonyl (C=O) groups excluding carboxylic acids is 1. The molecule has 3 nitrogen and oxygen atoms in total. The van der Waals surface area contributed by atoms with Gasteiger partial charge in [0.05, 0.1) is 10.2 Å². The molecule has 0 saturated heterocycles. The highest BCUT2D eigenvalue weighted by Crippen LogP contribution is 2.19. The van der Waals surface area contributed by atoms with E-state index in [1.54, 1.807) is 12.1 Å². The minimum Gasteiger partial charge on any atom is -0.317 e. The quantitative estimate of drug-likeness (QED) is 0.513. The van der Waals surface area contributed by atoms with E-state index >= 15 is 0 Å². The second-order valence-electron chi connectivity index (χ2n) is 5.72. The minimum absolute atomic E-state index is 0.288. The lowest BCUT2D eigenvalue weighted by atomic mass is 10.1. The van der Waals surface area contributed by atoms with Crippen molar-refractivity contribution in [2.75, 3.05) is 0 Å². The molecule has 4 aromatic rings. The number of rotatable bonds is 2. The molecule has 1 heterocycles. The first-order chi connectivity index (χ1) is 12.2. The molecule has 0 aliphatic carbocycles. The number of hydrogen-bond acceptors (Lipinski definition) is 2. The molecule has 0 unspecified atom stereocenters. The number of fused-ring (bicyclic) bond motifs is 2. The predicted octanol–water partition coefficient (Wildman–Crippen LogP) is 4.76. The zero-order valence-electron chi connectivity index (χ0n) is 13.6. The lowest BCUT2D eigenvalue weighted by Gasteiger charge is -2.01. The Morgan fingerprint density at radius 2 is 1.88 bits per heavy atom. The number of carbonyl (C=O) groups is 1. The lowest BCUT2D eigenvalue weighted by molar-refractivity contribution is 0.0998. The summed E-state index contributed by atoms with van der Waals surface area (Å²) in [6.07, 6.45) is 0. The molecule has 0 aliphatic rings. The summed E-state index contributed by atoms with van der Waals surface area (Å²) >= 11 is 1.32. The fraction of sp³-hybridized carbons (Fsp3) is 0.100. The summed E-state index contributed by atoms with van der Waals surface area (Å²) in [7, 11) is 0. The highest BCUT2D eigenvalue weighted by Gasteiger charge is 2.09. The molecule has 0 N–H and O–H groups in total. The van der Waals surface area contributed by atoms with Crippen molar-refractivity contribution in [3.8, 4) is 0 Å². The third kappa shape index (κ3) is 2.87. The molecule has 0 saturated carbocycles. The molecule has 0 spiro atoms. The van der Waals surface area contributed by atoms with E-state index in [2.05, 4.69) is 4.99 Å². The number of benzene rings is 3. The summed E-state index contributed by atoms with van der Waals surface area (Å²) in [6.45, 7) is 2.64. The Bertz CT molecular complexity index is 1170. The van der Waals surface area contributed by atoms with E-state index in [-0.39, 0.29) is 11.7 Å². The van der Waals surface area contributed by atoms with Gasteiger partial charge in [0, 0.05) is 12.1 Å². The van der Waals surface area contributed by atoms with E-state index in [0.29, 0.717) is 16.9 Å². The van der Waals surface area contributed by atoms with Crippen LogP contribution in [0.25, 0.3) is 21.0 Å². The van der Waals surface area contributed by atoms with Gasteiger partial charge in [-0.1, -0.05) is 41.7 Å². The molecule has 0 atom stereocenters. The smallest absolute Gasteiger partial charge is 0.279 e. The summed E-state index contributed by atoms with van der Waals surface area (Å²) in [5, 5.41) is 2.09. The normalized spacial score (nSPS) is 12.2. The van der Waals surface area contributed by atoms with Gasteiger partial charge in [-0.2, -0.15) is 4.99 Å². The highest BCUT2D eigenvalue weighted by atomic mass is 32.1. The Labute approximate surface area is 147 Å². The highest BCUT2D eigenvalue weighted by molar-refractivity contribution is 7.16. The third-order valence-corrected chi connectivity index (χ3v) is 5.20. The number of aryl methyl sites for hydroxylation is 1. The zero-order valence-corrected chi connectivity index (χ0v) is 14.4. The van der Waals surface area contributed by atoms with Crippen LogP contribution < -0.4 is 4.80 Å². The Morgan fingerprint density at radius 3 is 2.68 bits per heavy atom. The van der Waals surface area contributed by atoms with E-state index in [1.165, 1.54) is 23.5 Å². The fourth-order valence-corrected chi connectivity index (χ4v) is 4.03. The van der Waals surface area contributed by atoms with Crippen molar-refractivity contribution in [3.05, 3.63) is 76.8 Å². The zero-order chi connectivity index (χ0) is 17.4. The molecule has 0 bridgehead atoms. The Hall–Kier alpha value is -2.79. The molecule has 0 aliphatic heterocycles. The van der Waals surface area contributed by atoms with Gasteiger partial charge in [-0.15, -0.1) is 0 Å². The van der Waals surface area contributed by atoms with Crippen LogP contribution in [-0.2, 0) is 6.54 Å². The number of aromatic nitrogens is 1. The summed E-state index contributed by atoms with van der Waals surface area (Å²) in [6, 6.07) is 18.1. The van der Waals surface area contributed by atoms with Gasteiger partial charge in [-0.3, -0.25) is 4.79 Å². The van der Waals surface area contributed by atoms with Crippen molar-refractivity contribution in [3.63, 3.8) is 0 Å². The Kier molecular flexibility index (Phi) is 3.93. The van der Waals surface area contributed by atoms with Crippen molar-refractivity contribution in [1.29, 1.82) is 0 Å². The average Bonchev–Trinajstić information content (AvgIpc) is 2.97. The predicted molar refractivity (Wildman–Crippen MR) is 99.3 cm³/mol. The lowest BCUT2D eigenvalue weighted by Crippen LogP contribution is -2.15. The Morgan fingerprint density at radius 1 is 1.08 bits per heavy atom. The summed E-state index contributed by atoms with van der Waals surface area (Å²) in [5.74, 6) is -0.579. The number of thiazole rings is 1. The van der Waals surface area contributed by atoms with E-state index in [9.17, 15) is 9.18 Å². The number of amides is 1. The second-order valence-corrected chi connectivity index (χ2v) is 6.73. The first kappa shape index (κ1) is 15.7. The average molecular weight is 350 g/mol. The molecule has 0 fully saturated rings. The van der Waals surface area contributed by atoms with Crippen molar-refractivity contribution in [2.45, 2.75) is 13.5 Å². The van der Waals surface area contributed by atoms with E-state index in [4.69, 9.17) is 0 Å². The second kappa shape index (κ2) is 6.26. The summed E-state index contributed by atoms with van der Waals surface area (Å²) in [5.41, 5.74) is 1.43. The van der Waals surface area contributed by atoms with Gasteiger partial charge in [-0.25, -0.2) is 4.39 Å². The van der Waals surface area contributed by atoms with E-state index in [1.807, 2.05) is 47.9 Å². The van der Waals surface area contributed by atoms with Crippen LogP contribution >= 0.6 is 11.3 Å². The van der Waals surface area contributed by atoms with Crippen molar-refractivity contribution in [1.82, 2.24) is 4.57 Å². The molecule has 124 valence electrons. The molecule has 3 aromatic carbocycles. The fourth-order valence-electron chi connectivity index (χ4n) is 2.91. The first-order valence-corrected chi connectivity index (χ1v) is 8.84. The van der Waals surface area contributed by atoms with Gasteiger partial charge in [0.2, 0.25) is 0 Å². The maximum absolute atomic E-state index is 13.5. The summed E-state index contributed by atoms with van der Waals surface area (Å²) in [4.78, 5) is 17.5. The van der Waals surface area contributed by atoms with Crippen LogP contribution in [0.5, 0.6) is 0 Å². The van der Waals surface area contributed by atoms with Crippen LogP contribution in [0.4, 0.5) is 4.39 Å².